The van der Waals surface area contributed by atoms with E-state index >= 15 is 0 Å². The first-order chi connectivity index (χ1) is 8.74. The second kappa shape index (κ2) is 8.26. The molecule has 1 aromatic rings. The summed E-state index contributed by atoms with van der Waals surface area (Å²) in [4.78, 5) is 2.26. The van der Waals surface area contributed by atoms with Gasteiger partial charge in [-0.2, -0.15) is 0 Å². The standard InChI is InChI=1S/C13H24N2O3/c1-11(10-17-3)15(6-8-16-2)12(9-14)13-5-4-7-18-13/h4-5,7,11-12H,6,8-10,14H2,1-3H3. The molecule has 0 radical (unpaired) electrons. The molecule has 5 heteroatoms. The van der Waals surface area contributed by atoms with Crippen molar-refractivity contribution in [2.45, 2.75) is 19.0 Å². The Morgan fingerprint density at radius 2 is 2.17 bits per heavy atom. The van der Waals surface area contributed by atoms with Gasteiger partial charge in [-0.25, -0.2) is 0 Å². The number of nitrogens with zero attached hydrogens (tertiary/aromatic N) is 1. The van der Waals surface area contributed by atoms with Gasteiger partial charge in [0, 0.05) is 33.4 Å². The normalized spacial score (nSPS) is 14.9. The van der Waals surface area contributed by atoms with Gasteiger partial charge in [-0.1, -0.05) is 0 Å². The topological polar surface area (TPSA) is 60.9 Å². The van der Waals surface area contributed by atoms with Gasteiger partial charge in [0.05, 0.1) is 25.5 Å². The average molecular weight is 256 g/mol. The third kappa shape index (κ3) is 4.10. The number of rotatable bonds is 9. The van der Waals surface area contributed by atoms with E-state index < -0.39 is 0 Å². The molecule has 0 aliphatic heterocycles. The van der Waals surface area contributed by atoms with Gasteiger partial charge in [-0.15, -0.1) is 0 Å². The molecule has 104 valence electrons. The Balaban J connectivity index is 2.78. The maximum atomic E-state index is 5.89. The number of nitrogens with two attached hydrogens (primary N) is 1. The Morgan fingerprint density at radius 1 is 1.39 bits per heavy atom. The van der Waals surface area contributed by atoms with E-state index in [0.29, 0.717) is 19.8 Å². The fourth-order valence-electron chi connectivity index (χ4n) is 2.11. The summed E-state index contributed by atoms with van der Waals surface area (Å²) in [5, 5.41) is 0. The van der Waals surface area contributed by atoms with Crippen LogP contribution in [0.3, 0.4) is 0 Å². The van der Waals surface area contributed by atoms with Gasteiger partial charge >= 0.3 is 0 Å². The van der Waals surface area contributed by atoms with E-state index in [0.717, 1.165) is 12.3 Å². The highest BCUT2D eigenvalue weighted by Gasteiger charge is 2.25. The first-order valence-corrected chi connectivity index (χ1v) is 6.21. The predicted molar refractivity (Wildman–Crippen MR) is 70.4 cm³/mol. The van der Waals surface area contributed by atoms with Crippen LogP contribution in [0.5, 0.6) is 0 Å². The van der Waals surface area contributed by atoms with Crippen LogP contribution in [0.15, 0.2) is 22.8 Å². The summed E-state index contributed by atoms with van der Waals surface area (Å²) in [5.74, 6) is 0.886. The zero-order valence-corrected chi connectivity index (χ0v) is 11.5. The van der Waals surface area contributed by atoms with Gasteiger partial charge in [0.25, 0.3) is 0 Å². The van der Waals surface area contributed by atoms with Crippen molar-refractivity contribution in [3.8, 4) is 0 Å². The molecule has 0 aliphatic carbocycles. The number of furan rings is 1. The third-order valence-electron chi connectivity index (χ3n) is 3.02. The fraction of sp³-hybridized carbons (Fsp3) is 0.692. The molecule has 2 unspecified atom stereocenters. The second-order valence-electron chi connectivity index (χ2n) is 4.30. The minimum Gasteiger partial charge on any atom is -0.468 e. The Kier molecular flexibility index (Phi) is 6.97. The zero-order chi connectivity index (χ0) is 13.4. The lowest BCUT2D eigenvalue weighted by Gasteiger charge is -2.34. The van der Waals surface area contributed by atoms with Crippen LogP contribution in [-0.2, 0) is 9.47 Å². The molecule has 1 rings (SSSR count). The first kappa shape index (κ1) is 15.2. The zero-order valence-electron chi connectivity index (χ0n) is 11.5. The molecule has 0 aromatic carbocycles. The van der Waals surface area contributed by atoms with E-state index in [1.165, 1.54) is 0 Å². The highest BCUT2D eigenvalue weighted by atomic mass is 16.5. The minimum absolute atomic E-state index is 0.0558. The molecule has 0 aliphatic rings. The Bertz CT molecular complexity index is 303. The number of hydrogen-bond donors (Lipinski definition) is 1. The lowest BCUT2D eigenvalue weighted by Crippen LogP contribution is -2.43. The molecule has 0 fully saturated rings. The Morgan fingerprint density at radius 3 is 2.67 bits per heavy atom. The van der Waals surface area contributed by atoms with Crippen LogP contribution in [-0.4, -0.2) is 51.5 Å². The Labute approximate surface area is 109 Å². The van der Waals surface area contributed by atoms with E-state index in [1.54, 1.807) is 20.5 Å². The van der Waals surface area contributed by atoms with Gasteiger partial charge in [-0.3, -0.25) is 4.90 Å². The molecule has 1 aromatic heterocycles. The van der Waals surface area contributed by atoms with Crippen LogP contribution in [0, 0.1) is 0 Å². The molecule has 0 amide bonds. The summed E-state index contributed by atoms with van der Waals surface area (Å²) in [6, 6.07) is 4.15. The molecular weight excluding hydrogens is 232 g/mol. The van der Waals surface area contributed by atoms with Crippen LogP contribution in [0.4, 0.5) is 0 Å². The van der Waals surface area contributed by atoms with Crippen molar-refractivity contribution in [1.29, 1.82) is 0 Å². The lowest BCUT2D eigenvalue weighted by atomic mass is 10.1. The number of hydrogen-bond acceptors (Lipinski definition) is 5. The van der Waals surface area contributed by atoms with Crippen molar-refractivity contribution in [2.75, 3.05) is 40.5 Å². The molecule has 0 saturated heterocycles. The molecule has 0 saturated carbocycles. The summed E-state index contributed by atoms with van der Waals surface area (Å²) in [6.07, 6.45) is 1.67. The molecular formula is C13H24N2O3. The van der Waals surface area contributed by atoms with Crippen LogP contribution in [0.2, 0.25) is 0 Å². The molecule has 5 nitrogen and oxygen atoms in total. The predicted octanol–water partition coefficient (Wildman–Crippen LogP) is 1.26. The van der Waals surface area contributed by atoms with Gasteiger partial charge in [0.2, 0.25) is 0 Å². The maximum Gasteiger partial charge on any atom is 0.122 e. The van der Waals surface area contributed by atoms with Gasteiger partial charge in [0.1, 0.15) is 5.76 Å². The van der Waals surface area contributed by atoms with Crippen molar-refractivity contribution in [3.63, 3.8) is 0 Å². The second-order valence-corrected chi connectivity index (χ2v) is 4.30. The van der Waals surface area contributed by atoms with Gasteiger partial charge in [-0.05, 0) is 19.1 Å². The quantitative estimate of drug-likeness (QED) is 0.721. The summed E-state index contributed by atoms with van der Waals surface area (Å²) in [7, 11) is 3.40. The molecule has 2 atom stereocenters. The fourth-order valence-corrected chi connectivity index (χ4v) is 2.11. The summed E-state index contributed by atoms with van der Waals surface area (Å²) >= 11 is 0. The average Bonchev–Trinajstić information content (AvgIpc) is 2.88. The van der Waals surface area contributed by atoms with E-state index in [-0.39, 0.29) is 12.1 Å². The van der Waals surface area contributed by atoms with Crippen molar-refractivity contribution in [1.82, 2.24) is 4.90 Å². The molecule has 18 heavy (non-hydrogen) atoms. The highest BCUT2D eigenvalue weighted by molar-refractivity contribution is 5.06. The van der Waals surface area contributed by atoms with Crippen molar-refractivity contribution in [3.05, 3.63) is 24.2 Å². The SMILES string of the molecule is COCCN(C(C)COC)C(CN)c1ccco1. The minimum atomic E-state index is 0.0558. The first-order valence-electron chi connectivity index (χ1n) is 6.21. The van der Waals surface area contributed by atoms with Crippen molar-refractivity contribution < 1.29 is 13.9 Å². The van der Waals surface area contributed by atoms with E-state index in [2.05, 4.69) is 11.8 Å². The van der Waals surface area contributed by atoms with Gasteiger partial charge < -0.3 is 19.6 Å². The van der Waals surface area contributed by atoms with Crippen LogP contribution in [0.1, 0.15) is 18.7 Å². The lowest BCUT2D eigenvalue weighted by molar-refractivity contribution is 0.0425. The van der Waals surface area contributed by atoms with Crippen molar-refractivity contribution >= 4 is 0 Å². The number of methoxy groups -OCH3 is 2. The summed E-state index contributed by atoms with van der Waals surface area (Å²) < 4.78 is 15.9. The summed E-state index contributed by atoms with van der Waals surface area (Å²) in [5.41, 5.74) is 5.89. The molecule has 1 heterocycles. The largest absolute Gasteiger partial charge is 0.468 e. The van der Waals surface area contributed by atoms with E-state index in [9.17, 15) is 0 Å². The Hall–Kier alpha value is -0.880. The smallest absolute Gasteiger partial charge is 0.122 e. The van der Waals surface area contributed by atoms with Crippen LogP contribution >= 0.6 is 0 Å². The molecule has 0 bridgehead atoms. The van der Waals surface area contributed by atoms with Crippen LogP contribution in [0.25, 0.3) is 0 Å². The van der Waals surface area contributed by atoms with E-state index in [1.807, 2.05) is 12.1 Å². The molecule has 0 spiro atoms. The summed E-state index contributed by atoms with van der Waals surface area (Å²) in [6.45, 7) is 4.73. The monoisotopic (exact) mass is 256 g/mol. The maximum absolute atomic E-state index is 5.89. The van der Waals surface area contributed by atoms with Gasteiger partial charge in [0.15, 0.2) is 0 Å². The van der Waals surface area contributed by atoms with E-state index in [4.69, 9.17) is 19.6 Å². The molecule has 2 N–H and O–H groups in total. The van der Waals surface area contributed by atoms with Crippen LogP contribution < -0.4 is 5.73 Å². The third-order valence-corrected chi connectivity index (χ3v) is 3.02. The highest BCUT2D eigenvalue weighted by Crippen LogP contribution is 2.22. The van der Waals surface area contributed by atoms with Crippen molar-refractivity contribution in [2.24, 2.45) is 5.73 Å². The number of ether oxygens (including phenoxy) is 2.